The van der Waals surface area contributed by atoms with E-state index in [0.29, 0.717) is 0 Å². The molecular weight excluding hydrogens is 286 g/mol. The predicted octanol–water partition coefficient (Wildman–Crippen LogP) is -1.84. The van der Waals surface area contributed by atoms with E-state index in [1.54, 1.807) is 0 Å². The van der Waals surface area contributed by atoms with Crippen LogP contribution in [0.25, 0.3) is 0 Å². The summed E-state index contributed by atoms with van der Waals surface area (Å²) in [4.78, 5) is 9.92. The van der Waals surface area contributed by atoms with E-state index < -0.39 is 41.5 Å². The molecule has 1 aromatic carbocycles. The second-order valence-corrected chi connectivity index (χ2v) is 4.79. The minimum atomic E-state index is -1.70. The van der Waals surface area contributed by atoms with Crippen molar-refractivity contribution >= 4 is 5.69 Å². The molecule has 0 radical (unpaired) electrons. The van der Waals surface area contributed by atoms with Gasteiger partial charge in [-0.1, -0.05) is 0 Å². The van der Waals surface area contributed by atoms with Crippen molar-refractivity contribution in [2.75, 3.05) is 0 Å². The van der Waals surface area contributed by atoms with Crippen LogP contribution in [0.15, 0.2) is 24.3 Å². The van der Waals surface area contributed by atoms with Crippen LogP contribution in [0.1, 0.15) is 0 Å². The zero-order chi connectivity index (χ0) is 15.7. The first-order valence-corrected chi connectivity index (χ1v) is 6.14. The van der Waals surface area contributed by atoms with Gasteiger partial charge in [-0.25, -0.2) is 0 Å². The predicted molar refractivity (Wildman–Crippen MR) is 67.5 cm³/mol. The molecule has 9 heteroatoms. The van der Waals surface area contributed by atoms with Gasteiger partial charge in [-0.15, -0.1) is 0 Å². The molecule has 0 aliphatic heterocycles. The largest absolute Gasteiger partial charge is 0.485 e. The molecule has 1 saturated carbocycles. The van der Waals surface area contributed by atoms with Crippen molar-refractivity contribution in [1.29, 1.82) is 0 Å². The van der Waals surface area contributed by atoms with Crippen LogP contribution >= 0.6 is 0 Å². The number of nitro groups is 1. The fourth-order valence-corrected chi connectivity index (χ4v) is 2.14. The van der Waals surface area contributed by atoms with E-state index in [0.717, 1.165) is 0 Å². The van der Waals surface area contributed by atoms with Crippen LogP contribution < -0.4 is 4.74 Å². The minimum absolute atomic E-state index is 0.0967. The Labute approximate surface area is 118 Å². The van der Waals surface area contributed by atoms with Crippen molar-refractivity contribution < 1.29 is 35.2 Å². The first-order chi connectivity index (χ1) is 9.82. The van der Waals surface area contributed by atoms with Gasteiger partial charge in [0, 0.05) is 12.1 Å². The summed E-state index contributed by atoms with van der Waals surface area (Å²) in [7, 11) is 0. The Morgan fingerprint density at radius 2 is 1.29 bits per heavy atom. The summed E-state index contributed by atoms with van der Waals surface area (Å²) in [5.74, 6) is 0.0967. The van der Waals surface area contributed by atoms with Crippen molar-refractivity contribution in [1.82, 2.24) is 0 Å². The number of ether oxygens (including phenoxy) is 1. The van der Waals surface area contributed by atoms with Gasteiger partial charge in [0.15, 0.2) is 6.10 Å². The first-order valence-electron chi connectivity index (χ1n) is 6.14. The van der Waals surface area contributed by atoms with Gasteiger partial charge in [0.1, 0.15) is 36.3 Å². The van der Waals surface area contributed by atoms with E-state index >= 15 is 0 Å². The van der Waals surface area contributed by atoms with Gasteiger partial charge < -0.3 is 30.3 Å². The van der Waals surface area contributed by atoms with E-state index in [1.807, 2.05) is 0 Å². The van der Waals surface area contributed by atoms with Gasteiger partial charge in [-0.2, -0.15) is 0 Å². The van der Waals surface area contributed by atoms with Crippen molar-refractivity contribution in [2.24, 2.45) is 0 Å². The minimum Gasteiger partial charge on any atom is -0.485 e. The zero-order valence-corrected chi connectivity index (χ0v) is 10.7. The lowest BCUT2D eigenvalue weighted by Crippen LogP contribution is -2.65. The summed E-state index contributed by atoms with van der Waals surface area (Å²) in [6.07, 6.45) is -9.73. The van der Waals surface area contributed by atoms with Crippen molar-refractivity contribution in [2.45, 2.75) is 36.6 Å². The molecule has 0 spiro atoms. The van der Waals surface area contributed by atoms with E-state index in [9.17, 15) is 35.6 Å². The van der Waals surface area contributed by atoms with E-state index in [-0.39, 0.29) is 11.4 Å². The third kappa shape index (κ3) is 2.96. The molecule has 0 bridgehead atoms. The number of aliphatic hydroxyl groups excluding tert-OH is 5. The molecule has 6 atom stereocenters. The quantitative estimate of drug-likeness (QED) is 0.322. The molecule has 5 N–H and O–H groups in total. The maximum atomic E-state index is 10.5. The fraction of sp³-hybridized carbons (Fsp3) is 0.500. The van der Waals surface area contributed by atoms with Crippen molar-refractivity contribution in [3.05, 3.63) is 34.4 Å². The number of nitrogens with zero attached hydrogens (tertiary/aromatic N) is 1. The topological polar surface area (TPSA) is 154 Å². The van der Waals surface area contributed by atoms with Gasteiger partial charge >= 0.3 is 0 Å². The normalized spacial score (nSPS) is 36.2. The molecule has 0 saturated heterocycles. The summed E-state index contributed by atoms with van der Waals surface area (Å²) in [5, 5.41) is 58.6. The Hall–Kier alpha value is -1.78. The highest BCUT2D eigenvalue weighted by molar-refractivity contribution is 5.36. The highest BCUT2D eigenvalue weighted by Crippen LogP contribution is 2.26. The second kappa shape index (κ2) is 5.92. The lowest BCUT2D eigenvalue weighted by atomic mass is 9.85. The maximum absolute atomic E-state index is 10.5. The van der Waals surface area contributed by atoms with Crippen LogP contribution in [0, 0.1) is 10.1 Å². The molecule has 2 unspecified atom stereocenters. The van der Waals surface area contributed by atoms with Gasteiger partial charge in [-0.05, 0) is 12.1 Å². The van der Waals surface area contributed by atoms with Gasteiger partial charge in [0.2, 0.25) is 0 Å². The molecule has 1 aliphatic carbocycles. The Bertz CT molecular complexity index is 490. The van der Waals surface area contributed by atoms with E-state index in [4.69, 9.17) is 4.74 Å². The molecule has 1 fully saturated rings. The first kappa shape index (κ1) is 15.6. The third-order valence-electron chi connectivity index (χ3n) is 3.39. The van der Waals surface area contributed by atoms with Gasteiger partial charge in [0.05, 0.1) is 4.92 Å². The van der Waals surface area contributed by atoms with Crippen LogP contribution in [0.3, 0.4) is 0 Å². The van der Waals surface area contributed by atoms with E-state index in [1.165, 1.54) is 24.3 Å². The highest BCUT2D eigenvalue weighted by atomic mass is 16.6. The number of nitro benzene ring substituents is 1. The number of benzene rings is 1. The Morgan fingerprint density at radius 3 is 1.71 bits per heavy atom. The van der Waals surface area contributed by atoms with Crippen LogP contribution in [-0.4, -0.2) is 67.1 Å². The highest BCUT2D eigenvalue weighted by Gasteiger charge is 2.49. The summed E-state index contributed by atoms with van der Waals surface area (Å²) in [6, 6.07) is 4.83. The molecular formula is C12H15NO8. The number of aliphatic hydroxyl groups is 5. The SMILES string of the molecule is O=[N+]([O-])c1ccc(OC2[C@@H](O)[C@H](O)C(O)[C@H](O)[C@H]2O)cc1. The lowest BCUT2D eigenvalue weighted by molar-refractivity contribution is -0.384. The summed E-state index contributed by atoms with van der Waals surface area (Å²) in [5.41, 5.74) is -0.164. The summed E-state index contributed by atoms with van der Waals surface area (Å²) < 4.78 is 5.25. The van der Waals surface area contributed by atoms with Gasteiger partial charge in [-0.3, -0.25) is 10.1 Å². The summed E-state index contributed by atoms with van der Waals surface area (Å²) >= 11 is 0. The molecule has 0 heterocycles. The second-order valence-electron chi connectivity index (χ2n) is 4.79. The average Bonchev–Trinajstić information content (AvgIpc) is 2.48. The maximum Gasteiger partial charge on any atom is 0.269 e. The van der Waals surface area contributed by atoms with Crippen LogP contribution in [-0.2, 0) is 0 Å². The van der Waals surface area contributed by atoms with E-state index in [2.05, 4.69) is 0 Å². The number of hydrogen-bond acceptors (Lipinski definition) is 8. The molecule has 9 nitrogen and oxygen atoms in total. The number of rotatable bonds is 3. The fourth-order valence-electron chi connectivity index (χ4n) is 2.14. The smallest absolute Gasteiger partial charge is 0.269 e. The molecule has 116 valence electrons. The third-order valence-corrected chi connectivity index (χ3v) is 3.39. The van der Waals surface area contributed by atoms with Crippen LogP contribution in [0.5, 0.6) is 5.75 Å². The monoisotopic (exact) mass is 301 g/mol. The lowest BCUT2D eigenvalue weighted by Gasteiger charge is -2.41. The van der Waals surface area contributed by atoms with Crippen molar-refractivity contribution in [3.63, 3.8) is 0 Å². The molecule has 1 aliphatic rings. The Morgan fingerprint density at radius 1 is 0.857 bits per heavy atom. The molecule has 0 aromatic heterocycles. The molecule has 0 amide bonds. The average molecular weight is 301 g/mol. The van der Waals surface area contributed by atoms with Gasteiger partial charge in [0.25, 0.3) is 5.69 Å². The number of hydrogen-bond donors (Lipinski definition) is 5. The molecule has 2 rings (SSSR count). The summed E-state index contributed by atoms with van der Waals surface area (Å²) in [6.45, 7) is 0. The standard InChI is InChI=1S/C12H15NO8/c14-7-8(15)10(17)12(11(18)9(7)16)21-6-3-1-5(2-4-6)13(19)20/h1-4,7-12,14-18H/t7?,8-,9+,10+,11-,12?. The molecule has 1 aromatic rings. The van der Waals surface area contributed by atoms with Crippen LogP contribution in [0.4, 0.5) is 5.69 Å². The van der Waals surface area contributed by atoms with Crippen molar-refractivity contribution in [3.8, 4) is 5.75 Å². The Balaban J connectivity index is 2.15. The van der Waals surface area contributed by atoms with Crippen LogP contribution in [0.2, 0.25) is 0 Å². The molecule has 21 heavy (non-hydrogen) atoms. The zero-order valence-electron chi connectivity index (χ0n) is 10.7. The Kier molecular flexibility index (Phi) is 4.40. The number of non-ortho nitro benzene ring substituents is 1.